The minimum absolute atomic E-state index is 0.0117. The summed E-state index contributed by atoms with van der Waals surface area (Å²) in [5, 5.41) is 0. The summed E-state index contributed by atoms with van der Waals surface area (Å²) in [7, 11) is 0. The van der Waals surface area contributed by atoms with Crippen molar-refractivity contribution in [3.63, 3.8) is 0 Å². The number of rotatable bonds is 29. The van der Waals surface area contributed by atoms with E-state index >= 15 is 0 Å². The van der Waals surface area contributed by atoms with Gasteiger partial charge >= 0.3 is 12.4 Å². The first-order valence-corrected chi connectivity index (χ1v) is 34.7. The van der Waals surface area contributed by atoms with Gasteiger partial charge in [0.1, 0.15) is 0 Å². The van der Waals surface area contributed by atoms with E-state index in [-0.39, 0.29) is 11.4 Å². The second-order valence-electron chi connectivity index (χ2n) is 22.9. The lowest BCUT2D eigenvalue weighted by atomic mass is 9.73. The molecule has 0 aromatic heterocycles. The molecule has 594 valence electrons. The number of aryl methyl sites for hydroxylation is 3. The van der Waals surface area contributed by atoms with E-state index in [0.29, 0.717) is 134 Å². The third-order valence-corrected chi connectivity index (χ3v) is 15.8. The summed E-state index contributed by atoms with van der Waals surface area (Å²) < 4.78 is 84.6. The van der Waals surface area contributed by atoms with E-state index in [0.717, 1.165) is 121 Å². The van der Waals surface area contributed by atoms with Gasteiger partial charge in [-0.3, -0.25) is 117 Å². The smallest absolute Gasteiger partial charge is 0.297 e. The van der Waals surface area contributed by atoms with Crippen LogP contribution in [0.15, 0.2) is 252 Å². The summed E-state index contributed by atoms with van der Waals surface area (Å²) in [6.07, 6.45) is 9.85. The van der Waals surface area contributed by atoms with Crippen LogP contribution in [0.1, 0.15) is 44.5 Å². The van der Waals surface area contributed by atoms with Gasteiger partial charge in [0.25, 0.3) is 0 Å². The van der Waals surface area contributed by atoms with Crippen LogP contribution < -0.4 is 0 Å². The molecule has 0 unspecified atom stereocenters. The molecule has 0 aliphatic heterocycles. The number of aliphatic imine (C=N–C) groups is 12. The van der Waals surface area contributed by atoms with Gasteiger partial charge < -0.3 is 0 Å². The molecule has 0 fully saturated rings. The molecule has 0 amide bonds. The first-order valence-electron chi connectivity index (χ1n) is 33.9. The second-order valence-corrected chi connectivity index (χ2v) is 23.7. The Morgan fingerprint density at radius 2 is 0.504 bits per heavy atom. The second kappa shape index (κ2) is 51.6. The van der Waals surface area contributed by atoms with Crippen molar-refractivity contribution in [1.82, 2.24) is 0 Å². The Kier molecular flexibility index (Phi) is 41.7. The fraction of sp³-hybridized carbons (Fsp3) is 0.0930. The predicted molar refractivity (Wildman–Crippen MR) is 450 cm³/mol. The summed E-state index contributed by atoms with van der Waals surface area (Å²) >= 11 is 3.33. The first-order chi connectivity index (χ1) is 56.4. The summed E-state index contributed by atoms with van der Waals surface area (Å²) in [6.45, 7) is 7.61. The zero-order chi connectivity index (χ0) is 85.9. The molecule has 0 aliphatic carbocycles. The van der Waals surface area contributed by atoms with Gasteiger partial charge in [0, 0.05) is 10.0 Å². The van der Waals surface area contributed by atoms with E-state index in [9.17, 15) is 83.9 Å². The van der Waals surface area contributed by atoms with Crippen molar-refractivity contribution in [3.8, 4) is 11.1 Å². The molecule has 9 aromatic carbocycles. The molecule has 9 rings (SSSR count). The normalized spacial score (nSPS) is 11.6. The number of alkyl halides is 6. The zero-order valence-corrected chi connectivity index (χ0v) is 64.0. The molecule has 0 bridgehead atoms. The lowest BCUT2D eigenvalue weighted by molar-refractivity contribution is -0.288. The highest BCUT2D eigenvalue weighted by atomic mass is 79.9. The summed E-state index contributed by atoms with van der Waals surface area (Å²) in [6, 6.07) is 49.3. The quantitative estimate of drug-likeness (QED) is 0.0240. The van der Waals surface area contributed by atoms with Crippen LogP contribution in [-0.2, 0) is 69.4 Å². The van der Waals surface area contributed by atoms with Crippen LogP contribution in [-0.4, -0.2) is 162 Å². The zero-order valence-electron chi connectivity index (χ0n) is 62.4. The SMILES string of the molecule is Cc1c(N=CC=O)cccc1N=CC=O.Cc1cc(-c2ccc(N=CC=O)c(C)c2)ccc1N=CC=O.Cc1cc(Br)c(N=CC=O)cc1N=CC=O.O=CC=Nc1ccc(C(c2ccc(N=CC=O)cc2)(C(F)(F)F)C(F)(F)F)cc1.O=CC=Nc1ccc(Cc2ccc(N=CC=O)cc2)cc1.O=CC=Nc1ccc(N=CC=O)cc1. The fourth-order valence-electron chi connectivity index (χ4n) is 9.94. The van der Waals surface area contributed by atoms with E-state index in [1.54, 1.807) is 48.5 Å². The molecule has 117 heavy (non-hydrogen) atoms. The number of nitrogens with zero attached hydrogens (tertiary/aromatic N) is 12. The van der Waals surface area contributed by atoms with Crippen LogP contribution in [0.2, 0.25) is 0 Å². The van der Waals surface area contributed by atoms with Crippen molar-refractivity contribution in [3.05, 3.63) is 237 Å². The Balaban J connectivity index is 0.000000301. The summed E-state index contributed by atoms with van der Waals surface area (Å²) in [4.78, 5) is 169. The highest BCUT2D eigenvalue weighted by Crippen LogP contribution is 2.56. The Bertz CT molecular complexity index is 4940. The molecular formula is C86H69BrF6N12O12. The number of aldehydes is 12. The van der Waals surface area contributed by atoms with Gasteiger partial charge in [-0.2, -0.15) is 26.3 Å². The Hall–Kier alpha value is -14.9. The highest BCUT2D eigenvalue weighted by Gasteiger charge is 2.72. The molecule has 0 N–H and O–H groups in total. The Morgan fingerprint density at radius 3 is 0.778 bits per heavy atom. The Morgan fingerprint density at radius 1 is 0.265 bits per heavy atom. The van der Waals surface area contributed by atoms with E-state index in [2.05, 4.69) is 75.8 Å². The molecule has 0 saturated heterocycles. The van der Waals surface area contributed by atoms with E-state index in [4.69, 9.17) is 0 Å². The molecule has 0 heterocycles. The number of halogens is 7. The number of hydrogen-bond donors (Lipinski definition) is 0. The van der Waals surface area contributed by atoms with Crippen LogP contribution in [0.4, 0.5) is 94.6 Å². The molecule has 0 saturated carbocycles. The lowest BCUT2D eigenvalue weighted by Crippen LogP contribution is -2.54. The van der Waals surface area contributed by atoms with Crippen LogP contribution >= 0.6 is 15.9 Å². The molecule has 0 radical (unpaired) electrons. The summed E-state index contributed by atoms with van der Waals surface area (Å²) in [5.41, 5.74) is 8.75. The molecule has 0 aliphatic rings. The standard InChI is InChI=1S/C19H12F6N2O2.C18H16N2O2.C17H14N2O2.C11H9BrN2O2.C11H10N2O2.C10H8N2O2/c20-18(21,22)17(19(23,24)25,13-1-5-15(6-2-13)26-9-11-28)14-3-7-16(8-4-14)27-10-12-29;1-13-11-15(3-5-17(13)19-7-9-21)16-4-6-18(14(2)12-16)20-8-10-22;20-11-9-18-16-5-1-14(2-6-16)13-15-3-7-17(8-4-15)19-10-12-21;1-8-6-9(12)11(14-3-5-16)7-10(8)13-2-4-15;1-9-10(12-5-7-14)3-2-4-11(9)13-6-8-15;13-7-5-11-9-1-2-10(4-3-9)12-6-8-14/h1-12H;3-12H,1-2H3;1-12H,13H2;2-7H,1H3;2-8H,1H3;1-8H. The number of hydrogen-bond acceptors (Lipinski definition) is 24. The van der Waals surface area contributed by atoms with Crippen molar-refractivity contribution in [2.45, 2.75) is 51.9 Å². The fourth-order valence-corrected chi connectivity index (χ4v) is 10.5. The van der Waals surface area contributed by atoms with Gasteiger partial charge in [-0.1, -0.05) is 66.7 Å². The maximum Gasteiger partial charge on any atom is 0.411 e. The van der Waals surface area contributed by atoms with Crippen molar-refractivity contribution < 1.29 is 83.9 Å². The maximum atomic E-state index is 14.0. The summed E-state index contributed by atoms with van der Waals surface area (Å²) in [5.74, 6) is 0. The Labute approximate surface area is 674 Å². The van der Waals surface area contributed by atoms with Crippen LogP contribution in [0.5, 0.6) is 0 Å². The van der Waals surface area contributed by atoms with E-state index in [1.165, 1.54) is 55.9 Å². The predicted octanol–water partition coefficient (Wildman–Crippen LogP) is 17.6. The van der Waals surface area contributed by atoms with Crippen LogP contribution in [0, 0.1) is 27.7 Å². The molecule has 0 atom stereocenters. The van der Waals surface area contributed by atoms with Crippen molar-refractivity contribution in [2.75, 3.05) is 0 Å². The van der Waals surface area contributed by atoms with Gasteiger partial charge in [-0.15, -0.1) is 0 Å². The van der Waals surface area contributed by atoms with Crippen molar-refractivity contribution >= 4 is 234 Å². The monoisotopic (exact) mass is 1650 g/mol. The largest absolute Gasteiger partial charge is 0.411 e. The minimum atomic E-state index is -5.73. The third-order valence-electron chi connectivity index (χ3n) is 15.2. The number of carbonyl (C=O) groups is 12. The first kappa shape index (κ1) is 94.5. The minimum Gasteiger partial charge on any atom is -0.297 e. The molecule has 0 spiro atoms. The number of benzene rings is 9. The van der Waals surface area contributed by atoms with Crippen LogP contribution in [0.25, 0.3) is 11.1 Å². The molecule has 9 aromatic rings. The van der Waals surface area contributed by atoms with Gasteiger partial charge in [-0.25, -0.2) is 0 Å². The van der Waals surface area contributed by atoms with Crippen LogP contribution in [0.3, 0.4) is 0 Å². The van der Waals surface area contributed by atoms with E-state index < -0.39 is 28.9 Å². The van der Waals surface area contributed by atoms with Gasteiger partial charge in [-0.05, 0) is 221 Å². The lowest BCUT2D eigenvalue weighted by Gasteiger charge is -2.38. The third kappa shape index (κ3) is 31.7. The molecule has 31 heteroatoms. The van der Waals surface area contributed by atoms with Gasteiger partial charge in [0.2, 0.25) is 5.41 Å². The number of carbonyl (C=O) groups excluding carboxylic acids is 12. The average Bonchev–Trinajstić information content (AvgIpc) is 0.717. The van der Waals surface area contributed by atoms with Crippen molar-refractivity contribution in [1.29, 1.82) is 0 Å². The highest BCUT2D eigenvalue weighted by molar-refractivity contribution is 9.10. The molecular weight excluding hydrogens is 1590 g/mol. The maximum absolute atomic E-state index is 14.0. The van der Waals surface area contributed by atoms with E-state index in [1.807, 2.05) is 119 Å². The van der Waals surface area contributed by atoms with Gasteiger partial charge in [0.05, 0.1) is 143 Å². The molecule has 24 nitrogen and oxygen atoms in total. The van der Waals surface area contributed by atoms with Gasteiger partial charge in [0.15, 0.2) is 75.4 Å². The average molecular weight is 1660 g/mol. The topological polar surface area (TPSA) is 353 Å². The van der Waals surface area contributed by atoms with Crippen molar-refractivity contribution in [2.24, 2.45) is 59.9 Å².